The normalized spacial score (nSPS) is 19.6. The monoisotopic (exact) mass is 334 g/mol. The lowest BCUT2D eigenvalue weighted by molar-refractivity contribution is -0.142. The van der Waals surface area contributed by atoms with Crippen molar-refractivity contribution in [1.82, 2.24) is 9.88 Å². The summed E-state index contributed by atoms with van der Waals surface area (Å²) in [5.74, 6) is -0.725. The maximum Gasteiger partial charge on any atom is 0.320 e. The number of carboxylic acids is 1. The van der Waals surface area contributed by atoms with Crippen LogP contribution < -0.4 is 0 Å². The maximum atomic E-state index is 11.3. The van der Waals surface area contributed by atoms with Crippen LogP contribution >= 0.6 is 15.9 Å². The standard InChI is InChI=1S/C15H15BrN2O2/c16-12-6-5-10(14-11(12)3-1-7-17-14)9-18-8-2-4-13(18)15(19)20/h1,3,5-7,13H,2,4,8-9H2,(H,19,20). The van der Waals surface area contributed by atoms with Crippen LogP contribution in [0.1, 0.15) is 18.4 Å². The number of aromatic nitrogens is 1. The van der Waals surface area contributed by atoms with E-state index in [1.54, 1.807) is 6.20 Å². The number of nitrogens with zero attached hydrogens (tertiary/aromatic N) is 2. The molecule has 2 aromatic rings. The van der Waals surface area contributed by atoms with Crippen LogP contribution in [0.4, 0.5) is 0 Å². The number of likely N-dealkylation sites (tertiary alicyclic amines) is 1. The highest BCUT2D eigenvalue weighted by Crippen LogP contribution is 2.28. The molecule has 1 saturated heterocycles. The van der Waals surface area contributed by atoms with Crippen molar-refractivity contribution in [3.8, 4) is 0 Å². The van der Waals surface area contributed by atoms with Crippen molar-refractivity contribution in [3.05, 3.63) is 40.5 Å². The molecular weight excluding hydrogens is 320 g/mol. The van der Waals surface area contributed by atoms with E-state index in [1.165, 1.54) is 0 Å². The second kappa shape index (κ2) is 5.50. The van der Waals surface area contributed by atoms with Crippen LogP contribution in [0.3, 0.4) is 0 Å². The predicted molar refractivity (Wildman–Crippen MR) is 80.5 cm³/mol. The van der Waals surface area contributed by atoms with E-state index in [-0.39, 0.29) is 6.04 Å². The smallest absolute Gasteiger partial charge is 0.320 e. The molecule has 1 aromatic carbocycles. The zero-order valence-corrected chi connectivity index (χ0v) is 12.5. The lowest BCUT2D eigenvalue weighted by atomic mass is 10.1. The van der Waals surface area contributed by atoms with Gasteiger partial charge in [0.15, 0.2) is 0 Å². The highest BCUT2D eigenvalue weighted by molar-refractivity contribution is 9.10. The number of pyridine rings is 1. The molecule has 0 amide bonds. The Morgan fingerprint density at radius 2 is 2.30 bits per heavy atom. The number of aliphatic carboxylic acids is 1. The summed E-state index contributed by atoms with van der Waals surface area (Å²) in [5.41, 5.74) is 2.02. The molecule has 5 heteroatoms. The fourth-order valence-electron chi connectivity index (χ4n) is 2.84. The number of hydrogen-bond acceptors (Lipinski definition) is 3. The van der Waals surface area contributed by atoms with Crippen LogP contribution in [-0.2, 0) is 11.3 Å². The molecule has 4 nitrogen and oxygen atoms in total. The lowest BCUT2D eigenvalue weighted by Gasteiger charge is -2.21. The molecule has 1 N–H and O–H groups in total. The van der Waals surface area contributed by atoms with Gasteiger partial charge in [0, 0.05) is 22.6 Å². The van der Waals surface area contributed by atoms with Crippen LogP contribution in [-0.4, -0.2) is 33.5 Å². The van der Waals surface area contributed by atoms with Crippen molar-refractivity contribution in [2.24, 2.45) is 0 Å². The Balaban J connectivity index is 1.95. The molecule has 1 aliphatic heterocycles. The third-order valence-electron chi connectivity index (χ3n) is 3.82. The van der Waals surface area contributed by atoms with Gasteiger partial charge in [0.2, 0.25) is 0 Å². The molecule has 0 aliphatic carbocycles. The van der Waals surface area contributed by atoms with Crippen molar-refractivity contribution < 1.29 is 9.90 Å². The number of benzene rings is 1. The Bertz CT molecular complexity index is 659. The molecule has 3 rings (SSSR count). The van der Waals surface area contributed by atoms with E-state index in [2.05, 4.69) is 20.9 Å². The van der Waals surface area contributed by atoms with Crippen molar-refractivity contribution >= 4 is 32.8 Å². The van der Waals surface area contributed by atoms with Gasteiger partial charge in [-0.3, -0.25) is 14.7 Å². The third-order valence-corrected chi connectivity index (χ3v) is 4.51. The van der Waals surface area contributed by atoms with Crippen LogP contribution in [0.25, 0.3) is 10.9 Å². The summed E-state index contributed by atoms with van der Waals surface area (Å²) in [6.07, 6.45) is 3.45. The van der Waals surface area contributed by atoms with Crippen LogP contribution in [0.15, 0.2) is 34.9 Å². The fraction of sp³-hybridized carbons (Fsp3) is 0.333. The Labute approximate surface area is 125 Å². The van der Waals surface area contributed by atoms with Crippen molar-refractivity contribution in [3.63, 3.8) is 0 Å². The zero-order valence-electron chi connectivity index (χ0n) is 10.9. The first kappa shape index (κ1) is 13.5. The third kappa shape index (κ3) is 2.43. The number of carbonyl (C=O) groups is 1. The largest absolute Gasteiger partial charge is 0.480 e. The molecule has 104 valence electrons. The first-order valence-corrected chi connectivity index (χ1v) is 7.45. The van der Waals surface area contributed by atoms with E-state index >= 15 is 0 Å². The van der Waals surface area contributed by atoms with Crippen molar-refractivity contribution in [1.29, 1.82) is 0 Å². The maximum absolute atomic E-state index is 11.3. The molecule has 0 spiro atoms. The van der Waals surface area contributed by atoms with E-state index in [1.807, 2.05) is 29.2 Å². The van der Waals surface area contributed by atoms with E-state index < -0.39 is 5.97 Å². The van der Waals surface area contributed by atoms with Gasteiger partial charge in [-0.05, 0) is 37.1 Å². The van der Waals surface area contributed by atoms with Gasteiger partial charge in [0.1, 0.15) is 6.04 Å². The SMILES string of the molecule is O=C(O)C1CCCN1Cc1ccc(Br)c2cccnc12. The Morgan fingerprint density at radius 3 is 3.10 bits per heavy atom. The van der Waals surface area contributed by atoms with E-state index in [9.17, 15) is 9.90 Å². The minimum Gasteiger partial charge on any atom is -0.480 e. The van der Waals surface area contributed by atoms with Gasteiger partial charge >= 0.3 is 5.97 Å². The summed E-state index contributed by atoms with van der Waals surface area (Å²) in [6.45, 7) is 1.47. The second-order valence-electron chi connectivity index (χ2n) is 5.07. The zero-order chi connectivity index (χ0) is 14.1. The van der Waals surface area contributed by atoms with E-state index in [0.717, 1.165) is 40.3 Å². The van der Waals surface area contributed by atoms with Gasteiger partial charge < -0.3 is 5.11 Å². The predicted octanol–water partition coefficient (Wildman–Crippen LogP) is 3.05. The summed E-state index contributed by atoms with van der Waals surface area (Å²) >= 11 is 3.53. The van der Waals surface area contributed by atoms with E-state index in [0.29, 0.717) is 6.54 Å². The summed E-state index contributed by atoms with van der Waals surface area (Å²) in [6, 6.07) is 7.60. The van der Waals surface area contributed by atoms with Gasteiger partial charge in [-0.1, -0.05) is 28.1 Å². The molecule has 0 bridgehead atoms. The number of rotatable bonds is 3. The molecule has 1 atom stereocenters. The summed E-state index contributed by atoms with van der Waals surface area (Å²) in [4.78, 5) is 17.7. The minimum absolute atomic E-state index is 0.364. The quantitative estimate of drug-likeness (QED) is 0.937. The molecule has 20 heavy (non-hydrogen) atoms. The van der Waals surface area contributed by atoms with Crippen molar-refractivity contribution in [2.75, 3.05) is 6.54 Å². The molecule has 2 heterocycles. The molecule has 0 radical (unpaired) electrons. The lowest BCUT2D eigenvalue weighted by Crippen LogP contribution is -2.35. The Morgan fingerprint density at radius 1 is 1.45 bits per heavy atom. The summed E-state index contributed by atoms with van der Waals surface area (Å²) < 4.78 is 1.01. The number of hydrogen-bond donors (Lipinski definition) is 1. The molecule has 1 aliphatic rings. The highest BCUT2D eigenvalue weighted by Gasteiger charge is 2.30. The molecule has 1 aromatic heterocycles. The molecular formula is C15H15BrN2O2. The first-order valence-electron chi connectivity index (χ1n) is 6.66. The molecule has 1 unspecified atom stereocenters. The number of carboxylic acid groups (broad SMARTS) is 1. The van der Waals surface area contributed by atoms with Crippen LogP contribution in [0, 0.1) is 0 Å². The average molecular weight is 335 g/mol. The molecule has 1 fully saturated rings. The van der Waals surface area contributed by atoms with E-state index in [4.69, 9.17) is 0 Å². The molecule has 0 saturated carbocycles. The van der Waals surface area contributed by atoms with Crippen molar-refractivity contribution in [2.45, 2.75) is 25.4 Å². The first-order chi connectivity index (χ1) is 9.66. The van der Waals surface area contributed by atoms with Crippen LogP contribution in [0.5, 0.6) is 0 Å². The number of halogens is 1. The van der Waals surface area contributed by atoms with Gasteiger partial charge in [-0.2, -0.15) is 0 Å². The van der Waals surface area contributed by atoms with Crippen LogP contribution in [0.2, 0.25) is 0 Å². The van der Waals surface area contributed by atoms with Gasteiger partial charge in [0.25, 0.3) is 0 Å². The topological polar surface area (TPSA) is 53.4 Å². The van der Waals surface area contributed by atoms with Gasteiger partial charge in [-0.25, -0.2) is 0 Å². The second-order valence-corrected chi connectivity index (χ2v) is 5.93. The minimum atomic E-state index is -0.725. The summed E-state index contributed by atoms with van der Waals surface area (Å²) in [7, 11) is 0. The highest BCUT2D eigenvalue weighted by atomic mass is 79.9. The van der Waals surface area contributed by atoms with Gasteiger partial charge in [-0.15, -0.1) is 0 Å². The Kier molecular flexibility index (Phi) is 3.72. The average Bonchev–Trinajstić information content (AvgIpc) is 2.91. The van der Waals surface area contributed by atoms with Gasteiger partial charge in [0.05, 0.1) is 5.52 Å². The fourth-order valence-corrected chi connectivity index (χ4v) is 3.29. The number of fused-ring (bicyclic) bond motifs is 1. The Hall–Kier alpha value is -1.46. The summed E-state index contributed by atoms with van der Waals surface area (Å²) in [5, 5.41) is 10.3.